The predicted molar refractivity (Wildman–Crippen MR) is 234 cm³/mol. The molecule has 0 N–H and O–H groups in total. The van der Waals surface area contributed by atoms with E-state index in [2.05, 4.69) is 196 Å². The standard InChI is InChI=1S/C50H37NS2/c1-50(2,3)41-28-30-43(49-46(41)40-27-31-45-47(48(40)53-49)39-20-12-13-21-44(39)52-45)51(35-24-22-33(23-25-35)32-14-6-4-7-15-32)42-29-26-36(34-16-8-5-9-17-34)37-18-10-11-19-38(37)42/h4-31H,1-3H3. The predicted octanol–water partition coefficient (Wildman–Crippen LogP) is 15.7. The Hall–Kier alpha value is -5.74. The van der Waals surface area contributed by atoms with Gasteiger partial charge in [0.15, 0.2) is 0 Å². The second-order valence-electron chi connectivity index (χ2n) is 14.9. The van der Waals surface area contributed by atoms with Crippen LogP contribution in [-0.2, 0) is 5.41 Å². The number of hydrogen-bond donors (Lipinski definition) is 0. The van der Waals surface area contributed by atoms with Crippen LogP contribution in [0.25, 0.3) is 73.4 Å². The van der Waals surface area contributed by atoms with Crippen molar-refractivity contribution in [3.8, 4) is 22.3 Å². The largest absolute Gasteiger partial charge is 0.308 e. The van der Waals surface area contributed by atoms with Crippen LogP contribution in [0.5, 0.6) is 0 Å². The van der Waals surface area contributed by atoms with Crippen LogP contribution in [0.1, 0.15) is 26.3 Å². The molecule has 0 amide bonds. The molecule has 0 fully saturated rings. The van der Waals surface area contributed by atoms with E-state index >= 15 is 0 Å². The van der Waals surface area contributed by atoms with E-state index in [1.54, 1.807) is 0 Å². The van der Waals surface area contributed by atoms with Gasteiger partial charge in [-0.15, -0.1) is 22.7 Å². The molecular weight excluding hydrogens is 679 g/mol. The Balaban J connectivity index is 1.29. The summed E-state index contributed by atoms with van der Waals surface area (Å²) in [5.41, 5.74) is 9.74. The van der Waals surface area contributed by atoms with E-state index in [0.29, 0.717) is 0 Å². The highest BCUT2D eigenvalue weighted by Crippen LogP contribution is 2.52. The van der Waals surface area contributed by atoms with Gasteiger partial charge in [0, 0.05) is 46.7 Å². The number of rotatable bonds is 5. The van der Waals surface area contributed by atoms with Gasteiger partial charge in [-0.3, -0.25) is 0 Å². The summed E-state index contributed by atoms with van der Waals surface area (Å²) in [6.45, 7) is 7.04. The van der Waals surface area contributed by atoms with Crippen LogP contribution < -0.4 is 4.90 Å². The monoisotopic (exact) mass is 715 g/mol. The molecule has 254 valence electrons. The minimum absolute atomic E-state index is 0.0390. The summed E-state index contributed by atoms with van der Waals surface area (Å²) in [7, 11) is 0. The van der Waals surface area contributed by atoms with Gasteiger partial charge >= 0.3 is 0 Å². The zero-order valence-corrected chi connectivity index (χ0v) is 31.6. The third-order valence-electron chi connectivity index (χ3n) is 10.6. The van der Waals surface area contributed by atoms with Gasteiger partial charge in [0.25, 0.3) is 0 Å². The normalized spacial score (nSPS) is 12.1. The molecule has 53 heavy (non-hydrogen) atoms. The van der Waals surface area contributed by atoms with E-state index < -0.39 is 0 Å². The zero-order chi connectivity index (χ0) is 35.7. The van der Waals surface area contributed by atoms with Crippen LogP contribution in [0, 0.1) is 0 Å². The van der Waals surface area contributed by atoms with Crippen LogP contribution in [-0.4, -0.2) is 0 Å². The molecule has 0 aliphatic rings. The van der Waals surface area contributed by atoms with Gasteiger partial charge < -0.3 is 4.90 Å². The fourth-order valence-corrected chi connectivity index (χ4v) is 10.7. The maximum Gasteiger partial charge on any atom is 0.0640 e. The molecule has 0 aliphatic carbocycles. The smallest absolute Gasteiger partial charge is 0.0640 e. The van der Waals surface area contributed by atoms with Crippen LogP contribution in [0.3, 0.4) is 0 Å². The summed E-state index contributed by atoms with van der Waals surface area (Å²) in [4.78, 5) is 2.51. The van der Waals surface area contributed by atoms with Gasteiger partial charge in [-0.1, -0.05) is 154 Å². The molecule has 0 radical (unpaired) electrons. The minimum atomic E-state index is -0.0390. The topological polar surface area (TPSA) is 3.24 Å². The van der Waals surface area contributed by atoms with Crippen molar-refractivity contribution in [1.29, 1.82) is 0 Å². The third-order valence-corrected chi connectivity index (χ3v) is 13.0. The molecule has 0 bridgehead atoms. The summed E-state index contributed by atoms with van der Waals surface area (Å²) in [6.07, 6.45) is 0. The number of hydrogen-bond acceptors (Lipinski definition) is 3. The Morgan fingerprint density at radius 2 is 1.02 bits per heavy atom. The van der Waals surface area contributed by atoms with E-state index in [-0.39, 0.29) is 5.41 Å². The van der Waals surface area contributed by atoms with Crippen molar-refractivity contribution in [2.45, 2.75) is 26.2 Å². The van der Waals surface area contributed by atoms with Crippen molar-refractivity contribution in [3.05, 3.63) is 175 Å². The molecule has 10 rings (SSSR count). The molecule has 0 aliphatic heterocycles. The molecule has 10 aromatic rings. The molecule has 0 saturated carbocycles. The van der Waals surface area contributed by atoms with Gasteiger partial charge in [0.1, 0.15) is 0 Å². The summed E-state index contributed by atoms with van der Waals surface area (Å²) >= 11 is 3.85. The molecule has 2 aromatic heterocycles. The van der Waals surface area contributed by atoms with E-state index in [4.69, 9.17) is 0 Å². The Kier molecular flexibility index (Phi) is 7.50. The first-order valence-electron chi connectivity index (χ1n) is 18.3. The van der Waals surface area contributed by atoms with Crippen LogP contribution in [0.4, 0.5) is 17.1 Å². The van der Waals surface area contributed by atoms with Crippen molar-refractivity contribution >= 4 is 90.9 Å². The van der Waals surface area contributed by atoms with Gasteiger partial charge in [-0.05, 0) is 75.0 Å². The van der Waals surface area contributed by atoms with Crippen molar-refractivity contribution in [1.82, 2.24) is 0 Å². The lowest BCUT2D eigenvalue weighted by Crippen LogP contribution is -2.14. The molecule has 0 atom stereocenters. The Morgan fingerprint density at radius 3 is 1.75 bits per heavy atom. The fourth-order valence-electron chi connectivity index (χ4n) is 8.12. The molecule has 0 saturated heterocycles. The molecule has 1 nitrogen and oxygen atoms in total. The first kappa shape index (κ1) is 32.0. The van der Waals surface area contributed by atoms with Gasteiger partial charge in [-0.25, -0.2) is 0 Å². The lowest BCUT2D eigenvalue weighted by molar-refractivity contribution is 0.596. The van der Waals surface area contributed by atoms with Crippen molar-refractivity contribution in [3.63, 3.8) is 0 Å². The van der Waals surface area contributed by atoms with E-state index in [1.807, 2.05) is 22.7 Å². The Bertz CT molecular complexity index is 2960. The lowest BCUT2D eigenvalue weighted by atomic mass is 9.83. The van der Waals surface area contributed by atoms with Crippen molar-refractivity contribution in [2.75, 3.05) is 4.90 Å². The first-order valence-corrected chi connectivity index (χ1v) is 19.9. The van der Waals surface area contributed by atoms with Crippen molar-refractivity contribution in [2.24, 2.45) is 0 Å². The Labute approximate surface area is 318 Å². The maximum absolute atomic E-state index is 2.51. The van der Waals surface area contributed by atoms with Gasteiger partial charge in [0.05, 0.1) is 16.1 Å². The third kappa shape index (κ3) is 5.26. The van der Waals surface area contributed by atoms with E-state index in [9.17, 15) is 0 Å². The molecule has 8 aromatic carbocycles. The summed E-state index contributed by atoms with van der Waals surface area (Å²) < 4.78 is 5.38. The first-order chi connectivity index (χ1) is 25.9. The highest BCUT2D eigenvalue weighted by atomic mass is 32.1. The molecular formula is C50H37NS2. The van der Waals surface area contributed by atoms with Crippen LogP contribution in [0.2, 0.25) is 0 Å². The maximum atomic E-state index is 2.51. The quantitative estimate of drug-likeness (QED) is 0.171. The summed E-state index contributed by atoms with van der Waals surface area (Å²) in [6, 6.07) is 62.5. The highest BCUT2D eigenvalue weighted by Gasteiger charge is 2.27. The Morgan fingerprint density at radius 1 is 0.396 bits per heavy atom. The fraction of sp³-hybridized carbons (Fsp3) is 0.0800. The average Bonchev–Trinajstić information content (AvgIpc) is 3.78. The average molecular weight is 716 g/mol. The number of anilines is 3. The van der Waals surface area contributed by atoms with Crippen molar-refractivity contribution < 1.29 is 0 Å². The number of nitrogens with zero attached hydrogens (tertiary/aromatic N) is 1. The number of thiophene rings is 2. The van der Waals surface area contributed by atoms with Crippen LogP contribution >= 0.6 is 22.7 Å². The van der Waals surface area contributed by atoms with Gasteiger partial charge in [0.2, 0.25) is 0 Å². The lowest BCUT2D eigenvalue weighted by Gasteiger charge is -2.30. The number of fused-ring (bicyclic) bond motifs is 8. The molecule has 0 spiro atoms. The second kappa shape index (κ2) is 12.4. The van der Waals surface area contributed by atoms with Crippen LogP contribution in [0.15, 0.2) is 170 Å². The molecule has 0 unspecified atom stereocenters. The molecule has 3 heteroatoms. The number of benzene rings is 8. The highest BCUT2D eigenvalue weighted by molar-refractivity contribution is 7.30. The SMILES string of the molecule is CC(C)(C)c1ccc(N(c2ccc(-c3ccccc3)cc2)c2ccc(-c3ccccc3)c3ccccc23)c2sc3c(ccc4sc5ccccc5c43)c12. The second-order valence-corrected chi connectivity index (χ2v) is 17.0. The summed E-state index contributed by atoms with van der Waals surface area (Å²) in [5.74, 6) is 0. The summed E-state index contributed by atoms with van der Waals surface area (Å²) in [5, 5.41) is 7.90. The van der Waals surface area contributed by atoms with E-state index in [0.717, 1.165) is 5.69 Å². The van der Waals surface area contributed by atoms with Gasteiger partial charge in [-0.2, -0.15) is 0 Å². The zero-order valence-electron chi connectivity index (χ0n) is 29.9. The van der Waals surface area contributed by atoms with E-state index in [1.165, 1.54) is 90.3 Å². The minimum Gasteiger partial charge on any atom is -0.308 e. The molecule has 2 heterocycles.